The monoisotopic (exact) mass is 273 g/mol. The fourth-order valence-corrected chi connectivity index (χ4v) is 3.31. The van der Waals surface area contributed by atoms with Crippen LogP contribution in [-0.4, -0.2) is 6.54 Å². The van der Waals surface area contributed by atoms with Gasteiger partial charge in [-0.15, -0.1) is 0 Å². The molecule has 1 aromatic heterocycles. The van der Waals surface area contributed by atoms with Crippen molar-refractivity contribution in [1.29, 1.82) is 0 Å². The summed E-state index contributed by atoms with van der Waals surface area (Å²) in [6, 6.07) is 6.94. The minimum atomic E-state index is 0.325. The van der Waals surface area contributed by atoms with Gasteiger partial charge in [-0.1, -0.05) is 25.1 Å². The molecule has 0 amide bonds. The summed E-state index contributed by atoms with van der Waals surface area (Å²) in [5, 5.41) is 8.22. The van der Waals surface area contributed by atoms with E-state index in [1.165, 1.54) is 27.8 Å². The van der Waals surface area contributed by atoms with Crippen LogP contribution in [0.1, 0.15) is 47.2 Å². The summed E-state index contributed by atoms with van der Waals surface area (Å²) in [5.74, 6) is 0. The highest BCUT2D eigenvalue weighted by Crippen LogP contribution is 2.30. The zero-order chi connectivity index (χ0) is 13.8. The average Bonchev–Trinajstić information content (AvgIpc) is 2.81. The van der Waals surface area contributed by atoms with Crippen molar-refractivity contribution in [3.63, 3.8) is 0 Å². The molecule has 102 valence electrons. The molecule has 1 nitrogen and oxygen atoms in total. The largest absolute Gasteiger partial charge is 0.306 e. The van der Waals surface area contributed by atoms with Crippen LogP contribution in [0.5, 0.6) is 0 Å². The third kappa shape index (κ3) is 3.07. The maximum atomic E-state index is 3.70. The molecule has 1 unspecified atom stereocenters. The van der Waals surface area contributed by atoms with E-state index in [4.69, 9.17) is 0 Å². The third-order valence-electron chi connectivity index (χ3n) is 3.76. The van der Waals surface area contributed by atoms with Crippen molar-refractivity contribution in [2.75, 3.05) is 6.54 Å². The van der Waals surface area contributed by atoms with Gasteiger partial charge >= 0.3 is 0 Å². The Balaban J connectivity index is 2.43. The summed E-state index contributed by atoms with van der Waals surface area (Å²) >= 11 is 1.79. The average molecular weight is 273 g/mol. The lowest BCUT2D eigenvalue weighted by Crippen LogP contribution is -2.24. The van der Waals surface area contributed by atoms with Gasteiger partial charge in [-0.25, -0.2) is 0 Å². The van der Waals surface area contributed by atoms with Gasteiger partial charge in [0.05, 0.1) is 6.04 Å². The Morgan fingerprint density at radius 2 is 1.84 bits per heavy atom. The molecule has 0 aliphatic rings. The van der Waals surface area contributed by atoms with Gasteiger partial charge < -0.3 is 5.32 Å². The quantitative estimate of drug-likeness (QED) is 0.828. The standard InChI is InChI=1S/C17H23NS/c1-5-9-18-17(16-11-19-10-13(16)3)15-8-6-7-12(2)14(15)4/h6-8,10-11,17-18H,5,9H2,1-4H3. The number of rotatable bonds is 5. The molecule has 0 saturated carbocycles. The second-order valence-electron chi connectivity index (χ2n) is 5.19. The van der Waals surface area contributed by atoms with Crippen LogP contribution >= 0.6 is 11.3 Å². The van der Waals surface area contributed by atoms with Gasteiger partial charge in [-0.3, -0.25) is 0 Å². The number of thiophene rings is 1. The summed E-state index contributed by atoms with van der Waals surface area (Å²) < 4.78 is 0. The molecule has 2 rings (SSSR count). The van der Waals surface area contributed by atoms with E-state index >= 15 is 0 Å². The van der Waals surface area contributed by atoms with Crippen molar-refractivity contribution in [2.45, 2.75) is 40.2 Å². The zero-order valence-electron chi connectivity index (χ0n) is 12.3. The fraction of sp³-hybridized carbons (Fsp3) is 0.412. The minimum absolute atomic E-state index is 0.325. The Bertz CT molecular complexity index is 542. The predicted octanol–water partition coefficient (Wildman–Crippen LogP) is 4.76. The smallest absolute Gasteiger partial charge is 0.0590 e. The summed E-state index contributed by atoms with van der Waals surface area (Å²) in [6.45, 7) is 9.89. The molecular weight excluding hydrogens is 250 g/mol. The first-order valence-electron chi connectivity index (χ1n) is 6.97. The van der Waals surface area contributed by atoms with Gasteiger partial charge in [0.25, 0.3) is 0 Å². The van der Waals surface area contributed by atoms with Crippen molar-refractivity contribution in [2.24, 2.45) is 0 Å². The van der Waals surface area contributed by atoms with Crippen LogP contribution in [0.25, 0.3) is 0 Å². The van der Waals surface area contributed by atoms with Gasteiger partial charge in [0.1, 0.15) is 0 Å². The van der Waals surface area contributed by atoms with Gasteiger partial charge in [-0.2, -0.15) is 11.3 Å². The van der Waals surface area contributed by atoms with Crippen LogP contribution in [0.2, 0.25) is 0 Å². The number of benzene rings is 1. The van der Waals surface area contributed by atoms with Crippen molar-refractivity contribution >= 4 is 11.3 Å². The zero-order valence-corrected chi connectivity index (χ0v) is 13.1. The molecule has 1 aromatic carbocycles. The summed E-state index contributed by atoms with van der Waals surface area (Å²) in [5.41, 5.74) is 7.00. The van der Waals surface area contributed by atoms with E-state index in [1.54, 1.807) is 11.3 Å². The molecule has 2 heteroatoms. The number of hydrogen-bond donors (Lipinski definition) is 1. The summed E-state index contributed by atoms with van der Waals surface area (Å²) in [4.78, 5) is 0. The number of hydrogen-bond acceptors (Lipinski definition) is 2. The molecule has 1 atom stereocenters. The van der Waals surface area contributed by atoms with Crippen LogP contribution in [-0.2, 0) is 0 Å². The SMILES string of the molecule is CCCNC(c1cscc1C)c1cccc(C)c1C. The summed E-state index contributed by atoms with van der Waals surface area (Å²) in [7, 11) is 0. The molecule has 19 heavy (non-hydrogen) atoms. The molecule has 0 radical (unpaired) electrons. The maximum Gasteiger partial charge on any atom is 0.0590 e. The lowest BCUT2D eigenvalue weighted by Gasteiger charge is -2.22. The van der Waals surface area contributed by atoms with E-state index in [-0.39, 0.29) is 0 Å². The van der Waals surface area contributed by atoms with E-state index in [0.29, 0.717) is 6.04 Å². The van der Waals surface area contributed by atoms with E-state index in [9.17, 15) is 0 Å². The molecule has 0 aliphatic heterocycles. The topological polar surface area (TPSA) is 12.0 Å². The lowest BCUT2D eigenvalue weighted by atomic mass is 9.92. The van der Waals surface area contributed by atoms with Gasteiger partial charge in [0, 0.05) is 0 Å². The third-order valence-corrected chi connectivity index (χ3v) is 4.64. The molecule has 0 saturated heterocycles. The fourth-order valence-electron chi connectivity index (χ4n) is 2.43. The Morgan fingerprint density at radius 1 is 1.05 bits per heavy atom. The van der Waals surface area contributed by atoms with Crippen molar-refractivity contribution in [3.8, 4) is 0 Å². The van der Waals surface area contributed by atoms with Gasteiger partial charge in [0.2, 0.25) is 0 Å². The second-order valence-corrected chi connectivity index (χ2v) is 5.93. The number of nitrogens with one attached hydrogen (secondary N) is 1. The molecule has 0 bridgehead atoms. The lowest BCUT2D eigenvalue weighted by molar-refractivity contribution is 0.595. The van der Waals surface area contributed by atoms with Crippen molar-refractivity contribution < 1.29 is 0 Å². The van der Waals surface area contributed by atoms with E-state index in [0.717, 1.165) is 13.0 Å². The predicted molar refractivity (Wildman–Crippen MR) is 85.1 cm³/mol. The molecule has 0 aliphatic carbocycles. The first kappa shape index (κ1) is 14.3. The number of aryl methyl sites for hydroxylation is 2. The highest BCUT2D eigenvalue weighted by atomic mass is 32.1. The maximum absolute atomic E-state index is 3.70. The Morgan fingerprint density at radius 3 is 2.47 bits per heavy atom. The second kappa shape index (κ2) is 6.36. The highest BCUT2D eigenvalue weighted by molar-refractivity contribution is 7.08. The first-order chi connectivity index (χ1) is 9.15. The van der Waals surface area contributed by atoms with Crippen LogP contribution in [0.15, 0.2) is 29.0 Å². The van der Waals surface area contributed by atoms with Crippen molar-refractivity contribution in [3.05, 3.63) is 56.8 Å². The molecular formula is C17H23NS. The summed E-state index contributed by atoms with van der Waals surface area (Å²) in [6.07, 6.45) is 1.16. The molecule has 2 aromatic rings. The molecule has 0 fully saturated rings. The highest BCUT2D eigenvalue weighted by Gasteiger charge is 2.18. The minimum Gasteiger partial charge on any atom is -0.306 e. The van der Waals surface area contributed by atoms with Crippen LogP contribution in [0, 0.1) is 20.8 Å². The van der Waals surface area contributed by atoms with Crippen LogP contribution in [0.4, 0.5) is 0 Å². The molecule has 0 spiro atoms. The van der Waals surface area contributed by atoms with Gasteiger partial charge in [-0.05, 0) is 72.3 Å². The van der Waals surface area contributed by atoms with Crippen LogP contribution < -0.4 is 5.32 Å². The Labute approximate surface area is 120 Å². The van der Waals surface area contributed by atoms with Crippen molar-refractivity contribution in [1.82, 2.24) is 5.32 Å². The van der Waals surface area contributed by atoms with E-state index in [1.807, 2.05) is 0 Å². The molecule has 1 N–H and O–H groups in total. The Hall–Kier alpha value is -1.12. The molecule has 1 heterocycles. The van der Waals surface area contributed by atoms with Crippen LogP contribution in [0.3, 0.4) is 0 Å². The Kier molecular flexibility index (Phi) is 4.78. The van der Waals surface area contributed by atoms with E-state index in [2.05, 4.69) is 62.0 Å². The van der Waals surface area contributed by atoms with E-state index < -0.39 is 0 Å². The normalized spacial score (nSPS) is 12.6. The van der Waals surface area contributed by atoms with Gasteiger partial charge in [0.15, 0.2) is 0 Å². The first-order valence-corrected chi connectivity index (χ1v) is 7.91.